The summed E-state index contributed by atoms with van der Waals surface area (Å²) in [5.41, 5.74) is 5.18. The molecule has 2 aromatic heterocycles. The van der Waals surface area contributed by atoms with Crippen LogP contribution in [0.4, 0.5) is 5.13 Å². The minimum Gasteiger partial charge on any atom is -0.356 e. The number of rotatable bonds is 4. The summed E-state index contributed by atoms with van der Waals surface area (Å²) in [6.07, 6.45) is 4.88. The molecule has 4 rings (SSSR count). The molecule has 0 bridgehead atoms. The predicted octanol–water partition coefficient (Wildman–Crippen LogP) is 3.72. The molecule has 0 radical (unpaired) electrons. The Morgan fingerprint density at radius 1 is 1.28 bits per heavy atom. The summed E-state index contributed by atoms with van der Waals surface area (Å²) >= 11 is 1.71. The smallest absolute Gasteiger partial charge is 0.185 e. The number of thiazole rings is 1. The molecule has 0 atom stereocenters. The van der Waals surface area contributed by atoms with Gasteiger partial charge in [0.1, 0.15) is 5.69 Å². The maximum Gasteiger partial charge on any atom is 0.185 e. The molecule has 2 aliphatic rings. The Kier molecular flexibility index (Phi) is 4.65. The maximum atomic E-state index is 12.3. The van der Waals surface area contributed by atoms with Crippen molar-refractivity contribution in [2.24, 2.45) is 0 Å². The van der Waals surface area contributed by atoms with Gasteiger partial charge in [-0.3, -0.25) is 4.79 Å². The molecule has 1 saturated carbocycles. The SMILES string of the molecule is CC(=O)c1c(C)[nH]c(-c2csc(N3CCNCC3)n2)c1C1CCCC1. The Labute approximate surface area is 152 Å². The van der Waals surface area contributed by atoms with Gasteiger partial charge >= 0.3 is 0 Å². The summed E-state index contributed by atoms with van der Waals surface area (Å²) < 4.78 is 0. The van der Waals surface area contributed by atoms with Gasteiger partial charge < -0.3 is 15.2 Å². The highest BCUT2D eigenvalue weighted by atomic mass is 32.1. The highest BCUT2D eigenvalue weighted by Crippen LogP contribution is 2.43. The van der Waals surface area contributed by atoms with Crippen molar-refractivity contribution in [2.75, 3.05) is 31.1 Å². The molecule has 3 heterocycles. The number of nitrogens with zero attached hydrogens (tertiary/aromatic N) is 2. The number of ketones is 1. The van der Waals surface area contributed by atoms with E-state index in [0.29, 0.717) is 5.92 Å². The topological polar surface area (TPSA) is 61.0 Å². The summed E-state index contributed by atoms with van der Waals surface area (Å²) in [6, 6.07) is 0. The molecule has 0 aromatic carbocycles. The molecule has 2 fully saturated rings. The van der Waals surface area contributed by atoms with Crippen LogP contribution in [0, 0.1) is 6.92 Å². The second kappa shape index (κ2) is 6.92. The molecule has 0 spiro atoms. The molecule has 0 amide bonds. The van der Waals surface area contributed by atoms with Gasteiger partial charge in [0.15, 0.2) is 10.9 Å². The van der Waals surface area contributed by atoms with Gasteiger partial charge in [-0.1, -0.05) is 12.8 Å². The first-order valence-corrected chi connectivity index (χ1v) is 10.2. The van der Waals surface area contributed by atoms with Crippen LogP contribution < -0.4 is 10.2 Å². The highest BCUT2D eigenvalue weighted by Gasteiger charge is 2.29. The Hall–Kier alpha value is -1.66. The molecule has 1 saturated heterocycles. The highest BCUT2D eigenvalue weighted by molar-refractivity contribution is 7.14. The van der Waals surface area contributed by atoms with Gasteiger partial charge in [-0.05, 0) is 38.2 Å². The Bertz CT molecular complexity index is 766. The van der Waals surface area contributed by atoms with Gasteiger partial charge in [-0.15, -0.1) is 11.3 Å². The molecule has 1 aliphatic carbocycles. The van der Waals surface area contributed by atoms with E-state index in [0.717, 1.165) is 54.0 Å². The minimum atomic E-state index is 0.166. The van der Waals surface area contributed by atoms with Crippen LogP contribution >= 0.6 is 11.3 Å². The van der Waals surface area contributed by atoms with E-state index in [1.807, 2.05) is 6.92 Å². The van der Waals surface area contributed by atoms with Crippen LogP contribution in [-0.2, 0) is 0 Å². The first kappa shape index (κ1) is 16.8. The van der Waals surface area contributed by atoms with Crippen LogP contribution in [-0.4, -0.2) is 41.9 Å². The number of aryl methyl sites for hydroxylation is 1. The third-order valence-corrected chi connectivity index (χ3v) is 6.38. The van der Waals surface area contributed by atoms with E-state index in [1.165, 1.54) is 31.2 Å². The lowest BCUT2D eigenvalue weighted by Gasteiger charge is -2.26. The van der Waals surface area contributed by atoms with E-state index in [1.54, 1.807) is 18.3 Å². The van der Waals surface area contributed by atoms with Crippen LogP contribution in [0.1, 0.15) is 60.1 Å². The predicted molar refractivity (Wildman–Crippen MR) is 103 cm³/mol. The first-order valence-electron chi connectivity index (χ1n) is 9.30. The van der Waals surface area contributed by atoms with Gasteiger partial charge in [-0.2, -0.15) is 0 Å². The molecule has 6 heteroatoms. The number of nitrogens with one attached hydrogen (secondary N) is 2. The summed E-state index contributed by atoms with van der Waals surface area (Å²) in [6.45, 7) is 7.74. The number of hydrogen-bond acceptors (Lipinski definition) is 5. The quantitative estimate of drug-likeness (QED) is 0.818. The molecular formula is C19H26N4OS. The molecule has 2 N–H and O–H groups in total. The summed E-state index contributed by atoms with van der Waals surface area (Å²) in [5.74, 6) is 0.655. The Balaban J connectivity index is 1.73. The van der Waals surface area contributed by atoms with E-state index in [-0.39, 0.29) is 5.78 Å². The van der Waals surface area contributed by atoms with Crippen molar-refractivity contribution < 1.29 is 4.79 Å². The number of carbonyl (C=O) groups excluding carboxylic acids is 1. The number of piperazine rings is 1. The molecule has 0 unspecified atom stereocenters. The fraction of sp³-hybridized carbons (Fsp3) is 0.579. The standard InChI is InChI=1S/C19H26N4OS/c1-12-16(13(2)24)17(14-5-3-4-6-14)18(21-12)15-11-25-19(22-15)23-9-7-20-8-10-23/h11,14,20-21H,3-10H2,1-2H3. The third-order valence-electron chi connectivity index (χ3n) is 5.48. The normalized spacial score (nSPS) is 18.9. The van der Waals surface area contributed by atoms with Crippen molar-refractivity contribution in [3.8, 4) is 11.4 Å². The average Bonchev–Trinajstić information content (AvgIpc) is 3.34. The maximum absolute atomic E-state index is 12.3. The third kappa shape index (κ3) is 3.13. The minimum absolute atomic E-state index is 0.166. The number of aromatic amines is 1. The summed E-state index contributed by atoms with van der Waals surface area (Å²) in [4.78, 5) is 23.1. The van der Waals surface area contributed by atoms with Gasteiger partial charge in [0.25, 0.3) is 0 Å². The number of anilines is 1. The van der Waals surface area contributed by atoms with Crippen molar-refractivity contribution in [1.82, 2.24) is 15.3 Å². The van der Waals surface area contributed by atoms with E-state index in [4.69, 9.17) is 4.98 Å². The molecule has 5 nitrogen and oxygen atoms in total. The number of carbonyl (C=O) groups is 1. The number of Topliss-reactive ketones (excluding diaryl/α,β-unsaturated/α-hetero) is 1. The fourth-order valence-corrected chi connectivity index (χ4v) is 5.17. The zero-order valence-corrected chi connectivity index (χ0v) is 15.8. The number of H-pyrrole nitrogens is 1. The molecular weight excluding hydrogens is 332 g/mol. The molecule has 1 aliphatic heterocycles. The van der Waals surface area contributed by atoms with Gasteiger partial charge in [0.05, 0.1) is 5.69 Å². The number of hydrogen-bond donors (Lipinski definition) is 2. The Morgan fingerprint density at radius 2 is 2.00 bits per heavy atom. The van der Waals surface area contributed by atoms with Crippen LogP contribution in [0.5, 0.6) is 0 Å². The molecule has 25 heavy (non-hydrogen) atoms. The summed E-state index contributed by atoms with van der Waals surface area (Å²) in [7, 11) is 0. The largest absolute Gasteiger partial charge is 0.356 e. The zero-order chi connectivity index (χ0) is 17.4. The monoisotopic (exact) mass is 358 g/mol. The van der Waals surface area contributed by atoms with E-state index < -0.39 is 0 Å². The van der Waals surface area contributed by atoms with Crippen LogP contribution in [0.3, 0.4) is 0 Å². The average molecular weight is 359 g/mol. The second-order valence-electron chi connectivity index (χ2n) is 7.20. The number of aromatic nitrogens is 2. The van der Waals surface area contributed by atoms with Gasteiger partial charge in [0.2, 0.25) is 0 Å². The van der Waals surface area contributed by atoms with E-state index in [9.17, 15) is 4.79 Å². The van der Waals surface area contributed by atoms with Crippen molar-refractivity contribution in [3.63, 3.8) is 0 Å². The van der Waals surface area contributed by atoms with Crippen LogP contribution in [0.15, 0.2) is 5.38 Å². The molecule has 134 valence electrons. The first-order chi connectivity index (χ1) is 12.1. The molecule has 2 aromatic rings. The van der Waals surface area contributed by atoms with Crippen LogP contribution in [0.2, 0.25) is 0 Å². The fourth-order valence-electron chi connectivity index (χ4n) is 4.30. The van der Waals surface area contributed by atoms with Crippen LogP contribution in [0.25, 0.3) is 11.4 Å². The zero-order valence-electron chi connectivity index (χ0n) is 15.0. The van der Waals surface area contributed by atoms with E-state index >= 15 is 0 Å². The second-order valence-corrected chi connectivity index (χ2v) is 8.04. The van der Waals surface area contributed by atoms with Gasteiger partial charge in [-0.25, -0.2) is 4.98 Å². The van der Waals surface area contributed by atoms with Crippen molar-refractivity contribution in [3.05, 3.63) is 22.2 Å². The van der Waals surface area contributed by atoms with Crippen molar-refractivity contribution >= 4 is 22.3 Å². The lowest BCUT2D eigenvalue weighted by molar-refractivity contribution is 0.101. The summed E-state index contributed by atoms with van der Waals surface area (Å²) in [5, 5.41) is 6.62. The lowest BCUT2D eigenvalue weighted by atomic mass is 9.91. The van der Waals surface area contributed by atoms with Crippen molar-refractivity contribution in [2.45, 2.75) is 45.4 Å². The van der Waals surface area contributed by atoms with Gasteiger partial charge in [0, 0.05) is 42.8 Å². The lowest BCUT2D eigenvalue weighted by Crippen LogP contribution is -2.43. The van der Waals surface area contributed by atoms with E-state index in [2.05, 4.69) is 20.6 Å². The Morgan fingerprint density at radius 3 is 2.68 bits per heavy atom. The van der Waals surface area contributed by atoms with Crippen molar-refractivity contribution in [1.29, 1.82) is 0 Å².